The van der Waals surface area contributed by atoms with E-state index in [1.165, 1.54) is 11.8 Å². The molecule has 2 fully saturated rings. The quantitative estimate of drug-likeness (QED) is 0.767. The average molecular weight is 310 g/mol. The number of likely N-dealkylation sites (N-methyl/N-ethyl adjacent to an activating group) is 1. The summed E-state index contributed by atoms with van der Waals surface area (Å²) >= 11 is 1.48. The van der Waals surface area contributed by atoms with Crippen LogP contribution in [0.15, 0.2) is 5.16 Å². The summed E-state index contributed by atoms with van der Waals surface area (Å²) in [6.45, 7) is 3.94. The monoisotopic (exact) mass is 310 g/mol. The number of amides is 1. The van der Waals surface area contributed by atoms with Gasteiger partial charge < -0.3 is 20.1 Å². The summed E-state index contributed by atoms with van der Waals surface area (Å²) in [6.07, 6.45) is 2.32. The van der Waals surface area contributed by atoms with Crippen molar-refractivity contribution in [1.29, 1.82) is 0 Å². The van der Waals surface area contributed by atoms with Crippen LogP contribution in [0, 0.1) is 0 Å². The van der Waals surface area contributed by atoms with Crippen LogP contribution in [0.4, 0.5) is 0 Å². The minimum absolute atomic E-state index is 0.188. The Bertz CT molecular complexity index is 507. The van der Waals surface area contributed by atoms with Crippen LogP contribution >= 0.6 is 11.8 Å². The van der Waals surface area contributed by atoms with Crippen molar-refractivity contribution in [3.63, 3.8) is 0 Å². The summed E-state index contributed by atoms with van der Waals surface area (Å²) < 4.78 is 2.11. The second kappa shape index (κ2) is 6.33. The molecular formula is C13H22N6OS. The molecule has 0 radical (unpaired) electrons. The maximum Gasteiger partial charge on any atom is 0.233 e. The van der Waals surface area contributed by atoms with Gasteiger partial charge in [-0.15, -0.1) is 10.2 Å². The second-order valence-corrected chi connectivity index (χ2v) is 6.62. The number of thioether (sulfide) groups is 1. The van der Waals surface area contributed by atoms with Crippen molar-refractivity contribution < 1.29 is 4.79 Å². The van der Waals surface area contributed by atoms with Crippen LogP contribution in [-0.2, 0) is 11.3 Å². The first-order valence-corrected chi connectivity index (χ1v) is 8.40. The first-order chi connectivity index (χ1) is 10.2. The molecule has 1 saturated heterocycles. The topological polar surface area (TPSA) is 80.3 Å². The van der Waals surface area contributed by atoms with E-state index in [-0.39, 0.29) is 5.91 Å². The normalized spacial score (nSPS) is 20.0. The Hall–Kier alpha value is -1.12. The van der Waals surface area contributed by atoms with Gasteiger partial charge in [0.15, 0.2) is 5.16 Å². The molecule has 1 aromatic rings. The lowest BCUT2D eigenvalue weighted by Crippen LogP contribution is -2.47. The fraction of sp³-hybridized carbons (Fsp3) is 0.769. The summed E-state index contributed by atoms with van der Waals surface area (Å²) in [6, 6.07) is 0.486. The minimum Gasteiger partial charge on any atom is -0.339 e. The molecule has 0 aromatic carbocycles. The van der Waals surface area contributed by atoms with E-state index in [0.29, 0.717) is 18.3 Å². The molecule has 2 heterocycles. The fourth-order valence-corrected chi connectivity index (χ4v) is 3.45. The van der Waals surface area contributed by atoms with Crippen molar-refractivity contribution in [2.75, 3.05) is 39.0 Å². The highest BCUT2D eigenvalue weighted by molar-refractivity contribution is 7.99. The van der Waals surface area contributed by atoms with Gasteiger partial charge in [-0.1, -0.05) is 11.8 Å². The van der Waals surface area contributed by atoms with Crippen molar-refractivity contribution in [2.45, 2.75) is 30.6 Å². The van der Waals surface area contributed by atoms with E-state index in [0.717, 1.165) is 50.0 Å². The zero-order valence-electron chi connectivity index (χ0n) is 12.4. The number of rotatable bonds is 5. The van der Waals surface area contributed by atoms with Gasteiger partial charge in [0.2, 0.25) is 5.91 Å². The molecule has 1 aliphatic heterocycles. The molecule has 2 aliphatic rings. The molecule has 1 aromatic heterocycles. The lowest BCUT2D eigenvalue weighted by Gasteiger charge is -2.32. The van der Waals surface area contributed by atoms with Gasteiger partial charge in [-0.2, -0.15) is 0 Å². The van der Waals surface area contributed by atoms with Crippen LogP contribution in [0.5, 0.6) is 0 Å². The predicted molar refractivity (Wildman–Crippen MR) is 81.0 cm³/mol. The number of aromatic nitrogens is 3. The maximum atomic E-state index is 12.3. The molecule has 0 unspecified atom stereocenters. The van der Waals surface area contributed by atoms with Crippen LogP contribution in [0.25, 0.3) is 0 Å². The first kappa shape index (κ1) is 14.8. The van der Waals surface area contributed by atoms with Crippen LogP contribution in [0.2, 0.25) is 0 Å². The molecule has 21 heavy (non-hydrogen) atoms. The van der Waals surface area contributed by atoms with E-state index in [1.54, 1.807) is 0 Å². The van der Waals surface area contributed by atoms with E-state index in [1.807, 2.05) is 4.90 Å². The highest BCUT2D eigenvalue weighted by Crippen LogP contribution is 2.38. The van der Waals surface area contributed by atoms with Crippen LogP contribution in [-0.4, -0.2) is 69.5 Å². The van der Waals surface area contributed by atoms with Gasteiger partial charge in [-0.25, -0.2) is 0 Å². The predicted octanol–water partition coefficient (Wildman–Crippen LogP) is -0.0622. The molecule has 3 rings (SSSR count). The zero-order valence-corrected chi connectivity index (χ0v) is 13.2. The zero-order chi connectivity index (χ0) is 14.8. The van der Waals surface area contributed by atoms with Gasteiger partial charge >= 0.3 is 0 Å². The molecule has 7 nitrogen and oxygen atoms in total. The minimum atomic E-state index is 0.188. The van der Waals surface area contributed by atoms with E-state index in [2.05, 4.69) is 26.7 Å². The third kappa shape index (κ3) is 3.38. The van der Waals surface area contributed by atoms with E-state index in [4.69, 9.17) is 5.73 Å². The SMILES string of the molecule is CN1CCN(C(=O)CSc2nnc(CN)n2C2CC2)CC1. The van der Waals surface area contributed by atoms with Gasteiger partial charge in [0.05, 0.1) is 12.3 Å². The first-order valence-electron chi connectivity index (χ1n) is 7.42. The highest BCUT2D eigenvalue weighted by Gasteiger charge is 2.29. The van der Waals surface area contributed by atoms with Crippen molar-refractivity contribution in [3.05, 3.63) is 5.82 Å². The van der Waals surface area contributed by atoms with Gasteiger partial charge in [0, 0.05) is 32.2 Å². The number of piperazine rings is 1. The molecular weight excluding hydrogens is 288 g/mol. The molecule has 0 spiro atoms. The summed E-state index contributed by atoms with van der Waals surface area (Å²) in [4.78, 5) is 16.4. The van der Waals surface area contributed by atoms with E-state index < -0.39 is 0 Å². The summed E-state index contributed by atoms with van der Waals surface area (Å²) in [7, 11) is 2.09. The van der Waals surface area contributed by atoms with Crippen molar-refractivity contribution in [3.8, 4) is 0 Å². The Labute approximate surface area is 128 Å². The van der Waals surface area contributed by atoms with Gasteiger partial charge in [-0.3, -0.25) is 4.79 Å². The summed E-state index contributed by atoms with van der Waals surface area (Å²) in [5, 5.41) is 9.16. The molecule has 8 heteroatoms. The van der Waals surface area contributed by atoms with Gasteiger partial charge in [0.1, 0.15) is 5.82 Å². The van der Waals surface area contributed by atoms with Crippen LogP contribution < -0.4 is 5.73 Å². The Morgan fingerprint density at radius 1 is 1.29 bits per heavy atom. The number of hydrogen-bond donors (Lipinski definition) is 1. The molecule has 0 atom stereocenters. The molecule has 1 amide bonds. The smallest absolute Gasteiger partial charge is 0.233 e. The van der Waals surface area contributed by atoms with Crippen molar-refractivity contribution in [1.82, 2.24) is 24.6 Å². The third-order valence-electron chi connectivity index (χ3n) is 4.01. The van der Waals surface area contributed by atoms with E-state index >= 15 is 0 Å². The standard InChI is InChI=1S/C13H22N6OS/c1-17-4-6-18(7-5-17)12(20)9-21-13-16-15-11(8-14)19(13)10-2-3-10/h10H,2-9,14H2,1H3. The Kier molecular flexibility index (Phi) is 4.46. The fourth-order valence-electron chi connectivity index (χ4n) is 2.52. The molecule has 2 N–H and O–H groups in total. The van der Waals surface area contributed by atoms with Gasteiger partial charge in [0.25, 0.3) is 0 Å². The summed E-state index contributed by atoms with van der Waals surface area (Å²) in [5.74, 6) is 1.44. The largest absolute Gasteiger partial charge is 0.339 e. The molecule has 0 bridgehead atoms. The number of hydrogen-bond acceptors (Lipinski definition) is 6. The van der Waals surface area contributed by atoms with Crippen molar-refractivity contribution in [2.24, 2.45) is 5.73 Å². The van der Waals surface area contributed by atoms with E-state index in [9.17, 15) is 4.79 Å². The lowest BCUT2D eigenvalue weighted by atomic mass is 10.3. The third-order valence-corrected chi connectivity index (χ3v) is 4.94. The molecule has 116 valence electrons. The molecule has 1 aliphatic carbocycles. The second-order valence-electron chi connectivity index (χ2n) is 5.68. The van der Waals surface area contributed by atoms with Crippen LogP contribution in [0.1, 0.15) is 24.7 Å². The number of carbonyl (C=O) groups is 1. The number of nitrogens with zero attached hydrogens (tertiary/aromatic N) is 5. The summed E-state index contributed by atoms with van der Waals surface area (Å²) in [5.41, 5.74) is 5.70. The number of nitrogens with two attached hydrogens (primary N) is 1. The average Bonchev–Trinajstić information content (AvgIpc) is 3.25. The Morgan fingerprint density at radius 2 is 2.00 bits per heavy atom. The number of carbonyl (C=O) groups excluding carboxylic acids is 1. The molecule has 1 saturated carbocycles. The van der Waals surface area contributed by atoms with Crippen molar-refractivity contribution >= 4 is 17.7 Å². The Balaban J connectivity index is 1.57. The highest BCUT2D eigenvalue weighted by atomic mass is 32.2. The maximum absolute atomic E-state index is 12.3. The lowest BCUT2D eigenvalue weighted by molar-refractivity contribution is -0.129. The van der Waals surface area contributed by atoms with Gasteiger partial charge in [-0.05, 0) is 19.9 Å². The van der Waals surface area contributed by atoms with Crippen LogP contribution in [0.3, 0.4) is 0 Å². The Morgan fingerprint density at radius 3 is 2.62 bits per heavy atom.